The van der Waals surface area contributed by atoms with Crippen molar-refractivity contribution >= 4 is 6.03 Å². The molecule has 126 valence electrons. The van der Waals surface area contributed by atoms with Gasteiger partial charge in [-0.05, 0) is 36.1 Å². The number of hydrogen-bond acceptors (Lipinski definition) is 4. The number of urea groups is 1. The van der Waals surface area contributed by atoms with E-state index >= 15 is 0 Å². The molecular weight excluding hydrogens is 296 g/mol. The zero-order valence-electron chi connectivity index (χ0n) is 13.7. The van der Waals surface area contributed by atoms with E-state index in [1.807, 2.05) is 11.0 Å². The fraction of sp³-hybridized carbons (Fsp3) is 0.588. The van der Waals surface area contributed by atoms with Gasteiger partial charge in [0.05, 0.1) is 26.4 Å². The van der Waals surface area contributed by atoms with Gasteiger partial charge in [0.2, 0.25) is 0 Å². The van der Waals surface area contributed by atoms with Gasteiger partial charge in [-0.2, -0.15) is 0 Å². The average Bonchev–Trinajstić information content (AvgIpc) is 2.91. The van der Waals surface area contributed by atoms with Crippen LogP contribution in [-0.4, -0.2) is 63.6 Å². The number of methoxy groups -OCH3 is 2. The lowest BCUT2D eigenvalue weighted by Crippen LogP contribution is -2.50. The Morgan fingerprint density at radius 1 is 1.22 bits per heavy atom. The van der Waals surface area contributed by atoms with Crippen LogP contribution in [0.2, 0.25) is 0 Å². The van der Waals surface area contributed by atoms with Crippen molar-refractivity contribution in [3.8, 4) is 5.75 Å². The lowest BCUT2D eigenvalue weighted by atomic mass is 10.0. The minimum atomic E-state index is -0.0711. The number of nitrogens with one attached hydrogen (secondary N) is 1. The summed E-state index contributed by atoms with van der Waals surface area (Å²) in [5.41, 5.74) is 2.55. The summed E-state index contributed by atoms with van der Waals surface area (Å²) in [5, 5.41) is 3.04. The first-order valence-corrected chi connectivity index (χ1v) is 8.03. The van der Waals surface area contributed by atoms with Gasteiger partial charge < -0.3 is 24.4 Å². The molecule has 1 aromatic carbocycles. The molecule has 2 aliphatic heterocycles. The van der Waals surface area contributed by atoms with Crippen LogP contribution in [0.15, 0.2) is 18.2 Å². The highest BCUT2D eigenvalue weighted by atomic mass is 16.5. The number of hydrogen-bond donors (Lipinski definition) is 1. The quantitative estimate of drug-likeness (QED) is 0.910. The minimum absolute atomic E-state index is 0.0395. The van der Waals surface area contributed by atoms with Crippen LogP contribution in [0.1, 0.15) is 11.1 Å². The van der Waals surface area contributed by atoms with E-state index in [-0.39, 0.29) is 18.2 Å². The van der Waals surface area contributed by atoms with Crippen molar-refractivity contribution in [2.45, 2.75) is 25.0 Å². The van der Waals surface area contributed by atoms with Crippen molar-refractivity contribution in [3.05, 3.63) is 29.3 Å². The Hall–Kier alpha value is -1.79. The molecule has 23 heavy (non-hydrogen) atoms. The lowest BCUT2D eigenvalue weighted by molar-refractivity contribution is 0.0735. The second-order valence-electron chi connectivity index (χ2n) is 5.99. The number of carbonyl (C=O) groups is 1. The number of fused-ring (bicyclic) bond motifs is 1. The zero-order valence-corrected chi connectivity index (χ0v) is 13.7. The van der Waals surface area contributed by atoms with E-state index in [4.69, 9.17) is 14.2 Å². The largest absolute Gasteiger partial charge is 0.497 e. The second kappa shape index (κ2) is 7.19. The van der Waals surface area contributed by atoms with Crippen molar-refractivity contribution < 1.29 is 19.0 Å². The Bertz CT molecular complexity index is 564. The van der Waals surface area contributed by atoms with Gasteiger partial charge in [0.25, 0.3) is 0 Å². The molecule has 1 aromatic rings. The van der Waals surface area contributed by atoms with Crippen LogP contribution >= 0.6 is 0 Å². The van der Waals surface area contributed by atoms with Crippen LogP contribution < -0.4 is 10.1 Å². The Labute approximate surface area is 136 Å². The first-order valence-electron chi connectivity index (χ1n) is 8.03. The molecule has 0 bridgehead atoms. The van der Waals surface area contributed by atoms with Gasteiger partial charge in [-0.25, -0.2) is 4.79 Å². The molecule has 1 fully saturated rings. The van der Waals surface area contributed by atoms with Crippen molar-refractivity contribution in [2.24, 2.45) is 0 Å². The average molecular weight is 320 g/mol. The molecule has 2 heterocycles. The molecule has 0 saturated carbocycles. The molecular formula is C17H24N2O4. The highest BCUT2D eigenvalue weighted by Gasteiger charge is 2.31. The predicted molar refractivity (Wildman–Crippen MR) is 85.9 cm³/mol. The van der Waals surface area contributed by atoms with Crippen LogP contribution in [0.25, 0.3) is 0 Å². The summed E-state index contributed by atoms with van der Waals surface area (Å²) in [6.07, 6.45) is 1.64. The standard InChI is InChI=1S/C17H24N2O4/c1-21-14-4-3-12-5-7-19(8-6-13(12)9-14)17(20)18-15-10-23-11-16(15)22-2/h3-4,9,15-16H,5-8,10-11H2,1-2H3,(H,18,20)/t15-,16+/m0/s1. The Morgan fingerprint density at radius 2 is 2.00 bits per heavy atom. The molecule has 2 aliphatic rings. The normalized spacial score (nSPS) is 24.0. The third-order valence-corrected chi connectivity index (χ3v) is 4.64. The van der Waals surface area contributed by atoms with Gasteiger partial charge in [0.15, 0.2) is 0 Å². The molecule has 0 unspecified atom stereocenters. The Balaban J connectivity index is 1.61. The maximum Gasteiger partial charge on any atom is 0.317 e. The topological polar surface area (TPSA) is 60.0 Å². The first-order chi connectivity index (χ1) is 11.2. The van der Waals surface area contributed by atoms with Crippen molar-refractivity contribution in [2.75, 3.05) is 40.5 Å². The summed E-state index contributed by atoms with van der Waals surface area (Å²) in [5.74, 6) is 0.868. The smallest absolute Gasteiger partial charge is 0.317 e. The number of ether oxygens (including phenoxy) is 3. The van der Waals surface area contributed by atoms with Crippen molar-refractivity contribution in [3.63, 3.8) is 0 Å². The molecule has 0 spiro atoms. The van der Waals surface area contributed by atoms with E-state index < -0.39 is 0 Å². The molecule has 1 saturated heterocycles. The van der Waals surface area contributed by atoms with Gasteiger partial charge in [-0.1, -0.05) is 6.07 Å². The minimum Gasteiger partial charge on any atom is -0.497 e. The number of nitrogens with zero attached hydrogens (tertiary/aromatic N) is 1. The van der Waals surface area contributed by atoms with Crippen molar-refractivity contribution in [1.82, 2.24) is 10.2 Å². The number of amides is 2. The fourth-order valence-electron chi connectivity index (χ4n) is 3.18. The van der Waals surface area contributed by atoms with Gasteiger partial charge in [-0.3, -0.25) is 0 Å². The molecule has 2 atom stereocenters. The molecule has 2 amide bonds. The van der Waals surface area contributed by atoms with Gasteiger partial charge >= 0.3 is 6.03 Å². The van der Waals surface area contributed by atoms with E-state index in [2.05, 4.69) is 17.4 Å². The van der Waals surface area contributed by atoms with E-state index in [0.717, 1.165) is 25.1 Å². The third-order valence-electron chi connectivity index (χ3n) is 4.64. The summed E-state index contributed by atoms with van der Waals surface area (Å²) in [4.78, 5) is 14.4. The van der Waals surface area contributed by atoms with E-state index in [9.17, 15) is 4.79 Å². The Morgan fingerprint density at radius 3 is 2.74 bits per heavy atom. The number of rotatable bonds is 3. The molecule has 6 nitrogen and oxygen atoms in total. The van der Waals surface area contributed by atoms with Crippen LogP contribution in [0.4, 0.5) is 4.79 Å². The second-order valence-corrected chi connectivity index (χ2v) is 5.99. The molecule has 0 aliphatic carbocycles. The summed E-state index contributed by atoms with van der Waals surface area (Å²) >= 11 is 0. The highest BCUT2D eigenvalue weighted by molar-refractivity contribution is 5.74. The van der Waals surface area contributed by atoms with Crippen LogP contribution in [-0.2, 0) is 22.3 Å². The fourth-order valence-corrected chi connectivity index (χ4v) is 3.18. The maximum atomic E-state index is 12.5. The predicted octanol–water partition coefficient (Wildman–Crippen LogP) is 1.22. The SMILES string of the molecule is COc1ccc2c(c1)CCN(C(=O)N[C@H]1COC[C@H]1OC)CC2. The van der Waals surface area contributed by atoms with Crippen LogP contribution in [0, 0.1) is 0 Å². The van der Waals surface area contributed by atoms with Gasteiger partial charge in [0.1, 0.15) is 11.9 Å². The maximum absolute atomic E-state index is 12.5. The van der Waals surface area contributed by atoms with E-state index in [1.54, 1.807) is 14.2 Å². The molecule has 3 rings (SSSR count). The third kappa shape index (κ3) is 3.59. The molecule has 1 N–H and O–H groups in total. The zero-order chi connectivity index (χ0) is 16.2. The van der Waals surface area contributed by atoms with Crippen LogP contribution in [0.3, 0.4) is 0 Å². The summed E-state index contributed by atoms with van der Waals surface area (Å²) < 4.78 is 16.0. The Kier molecular flexibility index (Phi) is 5.03. The van der Waals surface area contributed by atoms with Gasteiger partial charge in [-0.15, -0.1) is 0 Å². The first kappa shape index (κ1) is 16.1. The van der Waals surface area contributed by atoms with E-state index in [0.29, 0.717) is 19.8 Å². The highest BCUT2D eigenvalue weighted by Crippen LogP contribution is 2.22. The molecule has 6 heteroatoms. The molecule has 0 aromatic heterocycles. The van der Waals surface area contributed by atoms with Gasteiger partial charge in [0, 0.05) is 20.2 Å². The monoisotopic (exact) mass is 320 g/mol. The number of carbonyl (C=O) groups excluding carboxylic acids is 1. The van der Waals surface area contributed by atoms with Crippen LogP contribution in [0.5, 0.6) is 5.75 Å². The summed E-state index contributed by atoms with van der Waals surface area (Å²) in [7, 11) is 3.32. The van der Waals surface area contributed by atoms with Crippen molar-refractivity contribution in [1.29, 1.82) is 0 Å². The number of benzene rings is 1. The van der Waals surface area contributed by atoms with E-state index in [1.165, 1.54) is 11.1 Å². The molecule has 0 radical (unpaired) electrons. The summed E-state index contributed by atoms with van der Waals surface area (Å²) in [6, 6.07) is 6.04. The summed E-state index contributed by atoms with van der Waals surface area (Å²) in [6.45, 7) is 2.47. The lowest BCUT2D eigenvalue weighted by Gasteiger charge is -2.25.